The minimum absolute atomic E-state index is 0.0731. The van der Waals surface area contributed by atoms with E-state index in [4.69, 9.17) is 0 Å². The van der Waals surface area contributed by atoms with E-state index in [9.17, 15) is 4.79 Å². The molecule has 3 nitrogen and oxygen atoms in total. The molecule has 2 aromatic rings. The van der Waals surface area contributed by atoms with Gasteiger partial charge in [0.1, 0.15) is 0 Å². The minimum atomic E-state index is 0.0731. The molecule has 5 heteroatoms. The highest BCUT2D eigenvalue weighted by molar-refractivity contribution is 7.27. The summed E-state index contributed by atoms with van der Waals surface area (Å²) >= 11 is 3.27. The highest BCUT2D eigenvalue weighted by Gasteiger charge is 2.23. The van der Waals surface area contributed by atoms with Crippen LogP contribution in [0.1, 0.15) is 29.4 Å². The molecule has 0 spiro atoms. The second-order valence-corrected chi connectivity index (χ2v) is 6.76. The molecular weight excluding hydrogens is 264 g/mol. The van der Waals surface area contributed by atoms with Crippen molar-refractivity contribution in [3.8, 4) is 0 Å². The Kier molecular flexibility index (Phi) is 3.37. The van der Waals surface area contributed by atoms with E-state index < -0.39 is 0 Å². The average Bonchev–Trinajstić information content (AvgIpc) is 2.92. The van der Waals surface area contributed by atoms with Gasteiger partial charge < -0.3 is 10.6 Å². The van der Waals surface area contributed by atoms with Crippen LogP contribution in [0.2, 0.25) is 0 Å². The molecule has 0 radical (unpaired) electrons. The lowest BCUT2D eigenvalue weighted by Crippen LogP contribution is -2.51. The Morgan fingerprint density at radius 2 is 2.39 bits per heavy atom. The highest BCUT2D eigenvalue weighted by atomic mass is 32.1. The molecule has 3 rings (SSSR count). The molecule has 1 saturated heterocycles. The number of nitrogens with one attached hydrogen (secondary N) is 2. The molecular formula is C13H16N2OS2. The zero-order valence-electron chi connectivity index (χ0n) is 10.2. The molecule has 1 aliphatic rings. The maximum atomic E-state index is 12.2. The minimum Gasteiger partial charge on any atom is -0.347 e. The third kappa shape index (κ3) is 2.30. The maximum Gasteiger partial charge on any atom is 0.261 e. The van der Waals surface area contributed by atoms with Crippen LogP contribution in [0.5, 0.6) is 0 Å². The SMILES string of the molecule is CC1NCCCC1NC(=O)c1cc2sccc2s1. The number of hydrogen-bond donors (Lipinski definition) is 2. The van der Waals surface area contributed by atoms with Gasteiger partial charge in [0.05, 0.1) is 4.88 Å². The number of piperidine rings is 1. The summed E-state index contributed by atoms with van der Waals surface area (Å²) in [6.45, 7) is 3.19. The first-order valence-electron chi connectivity index (χ1n) is 6.25. The molecule has 2 aromatic heterocycles. The van der Waals surface area contributed by atoms with E-state index in [1.807, 2.05) is 6.07 Å². The Morgan fingerprint density at radius 3 is 3.17 bits per heavy atom. The van der Waals surface area contributed by atoms with Crippen molar-refractivity contribution < 1.29 is 4.79 Å². The second kappa shape index (κ2) is 4.99. The maximum absolute atomic E-state index is 12.2. The Bertz CT molecular complexity index is 532. The van der Waals surface area contributed by atoms with E-state index in [0.717, 1.165) is 24.3 Å². The van der Waals surface area contributed by atoms with E-state index in [1.54, 1.807) is 22.7 Å². The van der Waals surface area contributed by atoms with Crippen LogP contribution in [0.25, 0.3) is 9.40 Å². The van der Waals surface area contributed by atoms with Crippen molar-refractivity contribution in [2.75, 3.05) is 6.54 Å². The lowest BCUT2D eigenvalue weighted by Gasteiger charge is -2.30. The Hall–Kier alpha value is -0.910. The Labute approximate surface area is 114 Å². The molecule has 1 aliphatic heterocycles. The largest absolute Gasteiger partial charge is 0.347 e. The summed E-state index contributed by atoms with van der Waals surface area (Å²) in [7, 11) is 0. The third-order valence-corrected chi connectivity index (χ3v) is 5.53. The van der Waals surface area contributed by atoms with E-state index >= 15 is 0 Å². The first kappa shape index (κ1) is 12.1. The number of carbonyl (C=O) groups is 1. The molecule has 18 heavy (non-hydrogen) atoms. The first-order chi connectivity index (χ1) is 8.74. The summed E-state index contributed by atoms with van der Waals surface area (Å²) in [5.74, 6) is 0.0731. The Morgan fingerprint density at radius 1 is 1.50 bits per heavy atom. The van der Waals surface area contributed by atoms with Crippen LogP contribution in [0.3, 0.4) is 0 Å². The second-order valence-electron chi connectivity index (χ2n) is 4.72. The van der Waals surface area contributed by atoms with Crippen molar-refractivity contribution in [1.82, 2.24) is 10.6 Å². The van der Waals surface area contributed by atoms with Crippen molar-refractivity contribution in [2.24, 2.45) is 0 Å². The number of carbonyl (C=O) groups excluding carboxylic acids is 1. The molecule has 96 valence electrons. The molecule has 0 bridgehead atoms. The summed E-state index contributed by atoms with van der Waals surface area (Å²) in [6, 6.07) is 4.70. The van der Waals surface area contributed by atoms with Gasteiger partial charge >= 0.3 is 0 Å². The van der Waals surface area contributed by atoms with Crippen LogP contribution in [0.4, 0.5) is 0 Å². The molecule has 1 fully saturated rings. The van der Waals surface area contributed by atoms with Crippen LogP contribution in [-0.2, 0) is 0 Å². The number of hydrogen-bond acceptors (Lipinski definition) is 4. The third-order valence-electron chi connectivity index (χ3n) is 3.44. The molecule has 2 N–H and O–H groups in total. The highest BCUT2D eigenvalue weighted by Crippen LogP contribution is 2.30. The molecule has 0 aliphatic carbocycles. The van der Waals surface area contributed by atoms with Gasteiger partial charge in [-0.25, -0.2) is 0 Å². The van der Waals surface area contributed by atoms with Gasteiger partial charge in [0.25, 0.3) is 5.91 Å². The van der Waals surface area contributed by atoms with Gasteiger partial charge in [-0.05, 0) is 43.8 Å². The first-order valence-corrected chi connectivity index (χ1v) is 7.95. The number of thiophene rings is 2. The van der Waals surface area contributed by atoms with Gasteiger partial charge in [-0.3, -0.25) is 4.79 Å². The van der Waals surface area contributed by atoms with Gasteiger partial charge in [-0.15, -0.1) is 22.7 Å². The van der Waals surface area contributed by atoms with E-state index in [0.29, 0.717) is 6.04 Å². The normalized spacial score (nSPS) is 24.3. The number of rotatable bonds is 2. The van der Waals surface area contributed by atoms with Crippen LogP contribution in [0.15, 0.2) is 17.5 Å². The summed E-state index contributed by atoms with van der Waals surface area (Å²) in [4.78, 5) is 13.0. The average molecular weight is 280 g/mol. The molecule has 0 saturated carbocycles. The summed E-state index contributed by atoms with van der Waals surface area (Å²) < 4.78 is 2.42. The van der Waals surface area contributed by atoms with Gasteiger partial charge in [0, 0.05) is 21.5 Å². The molecule has 2 unspecified atom stereocenters. The van der Waals surface area contributed by atoms with Crippen molar-refractivity contribution in [3.63, 3.8) is 0 Å². The van der Waals surface area contributed by atoms with Crippen molar-refractivity contribution in [2.45, 2.75) is 31.8 Å². The van der Waals surface area contributed by atoms with Gasteiger partial charge in [0.15, 0.2) is 0 Å². The predicted octanol–water partition coefficient (Wildman–Crippen LogP) is 2.83. The van der Waals surface area contributed by atoms with Crippen LogP contribution >= 0.6 is 22.7 Å². The van der Waals surface area contributed by atoms with Crippen molar-refractivity contribution >= 4 is 38.0 Å². The van der Waals surface area contributed by atoms with Crippen molar-refractivity contribution in [1.29, 1.82) is 0 Å². The van der Waals surface area contributed by atoms with Crippen LogP contribution in [-0.4, -0.2) is 24.5 Å². The topological polar surface area (TPSA) is 41.1 Å². The zero-order valence-corrected chi connectivity index (χ0v) is 11.9. The predicted molar refractivity (Wildman–Crippen MR) is 77.7 cm³/mol. The van der Waals surface area contributed by atoms with E-state index in [2.05, 4.69) is 29.0 Å². The quantitative estimate of drug-likeness (QED) is 0.888. The van der Waals surface area contributed by atoms with E-state index in [-0.39, 0.29) is 11.9 Å². The van der Waals surface area contributed by atoms with Gasteiger partial charge in [-0.1, -0.05) is 0 Å². The fourth-order valence-electron chi connectivity index (χ4n) is 2.36. The van der Waals surface area contributed by atoms with Crippen molar-refractivity contribution in [3.05, 3.63) is 22.4 Å². The summed E-state index contributed by atoms with van der Waals surface area (Å²) in [5.41, 5.74) is 0. The Balaban J connectivity index is 1.72. The smallest absolute Gasteiger partial charge is 0.261 e. The fraction of sp³-hybridized carbons (Fsp3) is 0.462. The number of fused-ring (bicyclic) bond motifs is 1. The lowest BCUT2D eigenvalue weighted by molar-refractivity contribution is 0.0924. The molecule has 0 aromatic carbocycles. The number of amides is 1. The van der Waals surface area contributed by atoms with Gasteiger partial charge in [-0.2, -0.15) is 0 Å². The molecule has 3 heterocycles. The van der Waals surface area contributed by atoms with Crippen LogP contribution in [0, 0.1) is 0 Å². The van der Waals surface area contributed by atoms with E-state index in [1.165, 1.54) is 9.40 Å². The van der Waals surface area contributed by atoms with Crippen LogP contribution < -0.4 is 10.6 Å². The standard InChI is InChI=1S/C13H16N2OS2/c1-8-9(3-2-5-14-8)15-13(16)12-7-11-10(18-12)4-6-17-11/h4,6-9,14H,2-3,5H2,1H3,(H,15,16). The van der Waals surface area contributed by atoms with Gasteiger partial charge in [0.2, 0.25) is 0 Å². The lowest BCUT2D eigenvalue weighted by atomic mass is 10.00. The summed E-state index contributed by atoms with van der Waals surface area (Å²) in [5, 5.41) is 8.62. The zero-order chi connectivity index (χ0) is 12.5. The fourth-order valence-corrected chi connectivity index (χ4v) is 4.37. The molecule has 2 atom stereocenters. The molecule has 1 amide bonds. The summed E-state index contributed by atoms with van der Waals surface area (Å²) in [6.07, 6.45) is 2.20. The monoisotopic (exact) mass is 280 g/mol.